The third kappa shape index (κ3) is 3.98. The Hall–Kier alpha value is -6.45. The van der Waals surface area contributed by atoms with E-state index >= 15 is 0 Å². The molecule has 0 aliphatic rings. The zero-order valence-electron chi connectivity index (χ0n) is 26.1. The molecular weight excluding hydrogens is 583 g/mol. The Labute approximate surface area is 277 Å². The molecule has 0 radical (unpaired) electrons. The quantitative estimate of drug-likeness (QED) is 0.181. The minimum absolute atomic E-state index is 0.960. The number of hydrogen-bond donors (Lipinski definition) is 0. The number of fused-ring (bicyclic) bond motifs is 4. The van der Waals surface area contributed by atoms with Crippen molar-refractivity contribution in [3.63, 3.8) is 0 Å². The van der Waals surface area contributed by atoms with Crippen molar-refractivity contribution in [3.05, 3.63) is 176 Å². The molecule has 0 fully saturated rings. The Bertz CT molecular complexity index is 2710. The van der Waals surface area contributed by atoms with Crippen molar-refractivity contribution in [2.45, 2.75) is 0 Å². The van der Waals surface area contributed by atoms with Gasteiger partial charge in [-0.25, -0.2) is 0 Å². The fourth-order valence-electron chi connectivity index (χ4n) is 7.67. The van der Waals surface area contributed by atoms with Crippen LogP contribution in [0.4, 0.5) is 17.1 Å². The van der Waals surface area contributed by atoms with Crippen molar-refractivity contribution in [2.75, 3.05) is 4.90 Å². The first-order chi connectivity index (χ1) is 23.8. The van der Waals surface area contributed by atoms with Crippen LogP contribution in [0.15, 0.2) is 176 Å². The summed E-state index contributed by atoms with van der Waals surface area (Å²) in [4.78, 5) is 7.34. The van der Waals surface area contributed by atoms with Crippen molar-refractivity contribution in [3.8, 4) is 16.9 Å². The molecule has 8 aromatic carbocycles. The second-order valence-corrected chi connectivity index (χ2v) is 12.4. The highest BCUT2D eigenvalue weighted by Crippen LogP contribution is 2.45. The van der Waals surface area contributed by atoms with Gasteiger partial charge in [0.2, 0.25) is 0 Å². The zero-order chi connectivity index (χ0) is 31.6. The van der Waals surface area contributed by atoms with E-state index in [4.69, 9.17) is 4.98 Å². The SMILES string of the molecule is c1ccc(N(c2ccccc2)c2ccc(-c3ccc4ccc5c6c(ccc3c46)cc3c4ccccc4n(-c4ccccc4)c35)nc2)cc1. The van der Waals surface area contributed by atoms with Gasteiger partial charge in [-0.2, -0.15) is 0 Å². The fraction of sp³-hybridized carbons (Fsp3) is 0. The van der Waals surface area contributed by atoms with E-state index < -0.39 is 0 Å². The highest BCUT2D eigenvalue weighted by Gasteiger charge is 2.20. The molecule has 0 atom stereocenters. The van der Waals surface area contributed by atoms with Gasteiger partial charge in [0.25, 0.3) is 0 Å². The standard InChI is InChI=1S/C45H29N3/c1-4-12-32(13-5-1)47(33-14-6-2-7-15-33)35-23-27-41(46-29-35)36-24-20-30-21-26-39-44-31(22-25-38(36)43(30)44)28-40-37-18-10-11-19-42(37)48(45(39)40)34-16-8-3-9-17-34/h1-29H. The van der Waals surface area contributed by atoms with Crippen molar-refractivity contribution in [1.29, 1.82) is 0 Å². The summed E-state index contributed by atoms with van der Waals surface area (Å²) in [5.41, 5.74) is 8.95. The number of rotatable bonds is 5. The smallest absolute Gasteiger partial charge is 0.0709 e. The maximum atomic E-state index is 5.09. The third-order valence-electron chi connectivity index (χ3n) is 9.74. The topological polar surface area (TPSA) is 21.1 Å². The Morgan fingerprint density at radius 2 is 1.06 bits per heavy atom. The van der Waals surface area contributed by atoms with E-state index in [0.29, 0.717) is 0 Å². The minimum Gasteiger partial charge on any atom is -0.309 e. The molecular formula is C45H29N3. The van der Waals surface area contributed by atoms with E-state index in [0.717, 1.165) is 28.3 Å². The van der Waals surface area contributed by atoms with Crippen molar-refractivity contribution >= 4 is 71.2 Å². The van der Waals surface area contributed by atoms with Crippen LogP contribution in [0, 0.1) is 0 Å². The summed E-state index contributed by atoms with van der Waals surface area (Å²) in [5, 5.41) is 10.1. The number of pyridine rings is 1. The predicted octanol–water partition coefficient (Wildman–Crippen LogP) is 12.2. The molecule has 3 nitrogen and oxygen atoms in total. The van der Waals surface area contributed by atoms with Crippen LogP contribution in [-0.2, 0) is 0 Å². The second-order valence-electron chi connectivity index (χ2n) is 12.4. The molecule has 2 aromatic heterocycles. The number of hydrogen-bond acceptors (Lipinski definition) is 2. The molecule has 48 heavy (non-hydrogen) atoms. The maximum absolute atomic E-state index is 5.09. The molecule has 3 heteroatoms. The van der Waals surface area contributed by atoms with Gasteiger partial charge >= 0.3 is 0 Å². The highest BCUT2D eigenvalue weighted by molar-refractivity contribution is 6.32. The van der Waals surface area contributed by atoms with E-state index in [1.54, 1.807) is 0 Å². The van der Waals surface area contributed by atoms with Crippen molar-refractivity contribution < 1.29 is 0 Å². The fourth-order valence-corrected chi connectivity index (χ4v) is 7.67. The molecule has 0 aliphatic heterocycles. The van der Waals surface area contributed by atoms with E-state index in [9.17, 15) is 0 Å². The second kappa shape index (κ2) is 10.5. The Morgan fingerprint density at radius 3 is 1.79 bits per heavy atom. The van der Waals surface area contributed by atoms with Gasteiger partial charge in [0.15, 0.2) is 0 Å². The molecule has 0 saturated heterocycles. The van der Waals surface area contributed by atoms with Gasteiger partial charge in [0.05, 0.1) is 28.6 Å². The molecule has 0 N–H and O–H groups in total. The number of aromatic nitrogens is 2. The molecule has 2 heterocycles. The lowest BCUT2D eigenvalue weighted by Crippen LogP contribution is -2.10. The average Bonchev–Trinajstić information content (AvgIpc) is 3.49. The van der Waals surface area contributed by atoms with Gasteiger partial charge in [0.1, 0.15) is 0 Å². The van der Waals surface area contributed by atoms with Gasteiger partial charge < -0.3 is 9.47 Å². The molecule has 0 aliphatic carbocycles. The molecule has 0 amide bonds. The first-order valence-electron chi connectivity index (χ1n) is 16.4. The summed E-state index contributed by atoms with van der Waals surface area (Å²) in [6.07, 6.45) is 2.00. The van der Waals surface area contributed by atoms with Crippen LogP contribution in [0.1, 0.15) is 0 Å². The van der Waals surface area contributed by atoms with Crippen LogP contribution in [0.25, 0.3) is 71.1 Å². The van der Waals surface area contributed by atoms with Gasteiger partial charge in [0, 0.05) is 38.8 Å². The maximum Gasteiger partial charge on any atom is 0.0709 e. The summed E-state index contributed by atoms with van der Waals surface area (Å²) in [7, 11) is 0. The lowest BCUT2D eigenvalue weighted by molar-refractivity contribution is 1.19. The minimum atomic E-state index is 0.960. The van der Waals surface area contributed by atoms with Crippen LogP contribution in [0.5, 0.6) is 0 Å². The molecule has 10 rings (SSSR count). The van der Waals surface area contributed by atoms with E-state index in [-0.39, 0.29) is 0 Å². The largest absolute Gasteiger partial charge is 0.309 e. The summed E-state index contributed by atoms with van der Waals surface area (Å²) in [5.74, 6) is 0. The molecule has 0 saturated carbocycles. The zero-order valence-corrected chi connectivity index (χ0v) is 26.1. The van der Waals surface area contributed by atoms with E-state index in [1.165, 1.54) is 59.8 Å². The first kappa shape index (κ1) is 26.7. The number of anilines is 3. The first-order valence-corrected chi connectivity index (χ1v) is 16.4. The average molecular weight is 612 g/mol. The molecule has 10 aromatic rings. The molecule has 0 bridgehead atoms. The van der Waals surface area contributed by atoms with Gasteiger partial charge in [-0.15, -0.1) is 0 Å². The lowest BCUT2D eigenvalue weighted by Gasteiger charge is -2.25. The number of para-hydroxylation sites is 4. The lowest BCUT2D eigenvalue weighted by atomic mass is 9.90. The molecule has 0 unspecified atom stereocenters. The normalized spacial score (nSPS) is 11.8. The van der Waals surface area contributed by atoms with E-state index in [2.05, 4.69) is 167 Å². The van der Waals surface area contributed by atoms with Crippen molar-refractivity contribution in [1.82, 2.24) is 9.55 Å². The molecule has 224 valence electrons. The summed E-state index contributed by atoms with van der Waals surface area (Å²) in [6, 6.07) is 60.8. The third-order valence-corrected chi connectivity index (χ3v) is 9.74. The Morgan fingerprint density at radius 1 is 0.438 bits per heavy atom. The predicted molar refractivity (Wildman–Crippen MR) is 202 cm³/mol. The Kier molecular flexibility index (Phi) is 5.87. The molecule has 0 spiro atoms. The summed E-state index contributed by atoms with van der Waals surface area (Å²) >= 11 is 0. The van der Waals surface area contributed by atoms with Crippen LogP contribution in [0.2, 0.25) is 0 Å². The Balaban J connectivity index is 1.18. The summed E-state index contributed by atoms with van der Waals surface area (Å²) < 4.78 is 2.43. The van der Waals surface area contributed by atoms with Crippen LogP contribution in [-0.4, -0.2) is 9.55 Å². The highest BCUT2D eigenvalue weighted by atomic mass is 15.1. The van der Waals surface area contributed by atoms with Gasteiger partial charge in [-0.3, -0.25) is 4.98 Å². The number of nitrogens with zero attached hydrogens (tertiary/aromatic N) is 3. The van der Waals surface area contributed by atoms with Gasteiger partial charge in [-0.05, 0) is 87.6 Å². The number of benzene rings is 8. The monoisotopic (exact) mass is 611 g/mol. The van der Waals surface area contributed by atoms with Gasteiger partial charge in [-0.1, -0.05) is 109 Å². The summed E-state index contributed by atoms with van der Waals surface area (Å²) in [6.45, 7) is 0. The van der Waals surface area contributed by atoms with Crippen molar-refractivity contribution in [2.24, 2.45) is 0 Å². The van der Waals surface area contributed by atoms with Crippen LogP contribution in [0.3, 0.4) is 0 Å². The van der Waals surface area contributed by atoms with Crippen LogP contribution >= 0.6 is 0 Å². The van der Waals surface area contributed by atoms with Crippen LogP contribution < -0.4 is 4.90 Å². The van der Waals surface area contributed by atoms with E-state index in [1.807, 2.05) is 18.3 Å².